The van der Waals surface area contributed by atoms with Gasteiger partial charge < -0.3 is 10.2 Å². The van der Waals surface area contributed by atoms with E-state index in [2.05, 4.69) is 31.6 Å². The summed E-state index contributed by atoms with van der Waals surface area (Å²) in [5, 5.41) is 17.4. The molecule has 5 rings (SSSR count). The summed E-state index contributed by atoms with van der Waals surface area (Å²) in [5.74, 6) is 1.68. The molecule has 0 spiro atoms. The van der Waals surface area contributed by atoms with Crippen molar-refractivity contribution >= 4 is 23.1 Å². The van der Waals surface area contributed by atoms with Crippen LogP contribution in [0.15, 0.2) is 29.6 Å². The predicted molar refractivity (Wildman–Crippen MR) is 110 cm³/mol. The zero-order valence-corrected chi connectivity index (χ0v) is 16.7. The minimum atomic E-state index is -0.0490. The summed E-state index contributed by atoms with van der Waals surface area (Å²) in [6, 6.07) is 8.27. The molecule has 3 aromatic heterocycles. The second kappa shape index (κ2) is 7.09. The molecule has 1 saturated carbocycles. The highest BCUT2D eigenvalue weighted by Crippen LogP contribution is 2.40. The van der Waals surface area contributed by atoms with Gasteiger partial charge in [-0.2, -0.15) is 10.2 Å². The number of thiophene rings is 1. The quantitative estimate of drug-likeness (QED) is 0.694. The SMILES string of the molecule is Cn1nc(-c2cccs2)cc1C(=O)NC1CCN(c2cc(C3CC3)[nH]n2)CC1. The Kier molecular flexibility index (Phi) is 4.43. The molecule has 1 saturated heterocycles. The number of H-pyrrole nitrogens is 1. The van der Waals surface area contributed by atoms with Gasteiger partial charge in [0.1, 0.15) is 11.4 Å². The second-order valence-electron chi connectivity index (χ2n) is 7.71. The number of carbonyl (C=O) groups is 1. The largest absolute Gasteiger partial charge is 0.355 e. The average molecular weight is 397 g/mol. The van der Waals surface area contributed by atoms with Crippen molar-refractivity contribution in [3.05, 3.63) is 41.0 Å². The van der Waals surface area contributed by atoms with Gasteiger partial charge in [0.2, 0.25) is 0 Å². The molecule has 2 fully saturated rings. The number of nitrogens with one attached hydrogen (secondary N) is 2. The van der Waals surface area contributed by atoms with Crippen LogP contribution in [0.25, 0.3) is 10.6 Å². The molecule has 1 amide bonds. The smallest absolute Gasteiger partial charge is 0.269 e. The van der Waals surface area contributed by atoms with Crippen LogP contribution in [0.5, 0.6) is 0 Å². The van der Waals surface area contributed by atoms with E-state index >= 15 is 0 Å². The fraction of sp³-hybridized carbons (Fsp3) is 0.450. The van der Waals surface area contributed by atoms with Crippen LogP contribution in [0.1, 0.15) is 47.8 Å². The number of aromatic amines is 1. The van der Waals surface area contributed by atoms with Crippen molar-refractivity contribution in [2.24, 2.45) is 7.05 Å². The predicted octanol–water partition coefficient (Wildman–Crippen LogP) is 3.15. The van der Waals surface area contributed by atoms with Gasteiger partial charge >= 0.3 is 0 Å². The lowest BCUT2D eigenvalue weighted by Crippen LogP contribution is -2.45. The molecule has 7 nitrogen and oxygen atoms in total. The van der Waals surface area contributed by atoms with Crippen molar-refractivity contribution in [1.29, 1.82) is 0 Å². The molecule has 2 aliphatic rings. The third-order valence-electron chi connectivity index (χ3n) is 5.64. The van der Waals surface area contributed by atoms with E-state index in [9.17, 15) is 4.79 Å². The van der Waals surface area contributed by atoms with Crippen molar-refractivity contribution in [3.8, 4) is 10.6 Å². The van der Waals surface area contributed by atoms with Crippen LogP contribution in [-0.4, -0.2) is 45.0 Å². The van der Waals surface area contributed by atoms with Gasteiger partial charge in [-0.1, -0.05) is 6.07 Å². The van der Waals surface area contributed by atoms with Crippen LogP contribution in [0, 0.1) is 0 Å². The van der Waals surface area contributed by atoms with Crippen molar-refractivity contribution in [2.75, 3.05) is 18.0 Å². The lowest BCUT2D eigenvalue weighted by Gasteiger charge is -2.32. The van der Waals surface area contributed by atoms with Gasteiger partial charge in [0.05, 0.1) is 4.88 Å². The number of piperidine rings is 1. The lowest BCUT2D eigenvalue weighted by atomic mass is 10.0. The summed E-state index contributed by atoms with van der Waals surface area (Å²) in [6.07, 6.45) is 4.40. The standard InChI is InChI=1S/C20H24N6OS/c1-25-17(11-16(24-25)18-3-2-10-28-18)20(27)21-14-6-8-26(9-7-14)19-12-15(22-23-19)13-4-5-13/h2-3,10-14H,4-9H2,1H3,(H,21,27)(H,22,23). The van der Waals surface area contributed by atoms with Crippen LogP contribution in [0.4, 0.5) is 5.82 Å². The van der Waals surface area contributed by atoms with Crippen LogP contribution in [-0.2, 0) is 7.05 Å². The molecule has 4 heterocycles. The number of hydrogen-bond acceptors (Lipinski definition) is 5. The maximum Gasteiger partial charge on any atom is 0.269 e. The zero-order valence-electron chi connectivity index (χ0n) is 15.9. The highest BCUT2D eigenvalue weighted by atomic mass is 32.1. The van der Waals surface area contributed by atoms with E-state index in [1.807, 2.05) is 30.6 Å². The summed E-state index contributed by atoms with van der Waals surface area (Å²) >= 11 is 1.63. The van der Waals surface area contributed by atoms with Crippen molar-refractivity contribution in [1.82, 2.24) is 25.3 Å². The minimum absolute atomic E-state index is 0.0490. The second-order valence-corrected chi connectivity index (χ2v) is 8.65. The third-order valence-corrected chi connectivity index (χ3v) is 6.53. The van der Waals surface area contributed by atoms with E-state index in [4.69, 9.17) is 0 Å². The molecule has 1 aliphatic carbocycles. The van der Waals surface area contributed by atoms with E-state index in [1.54, 1.807) is 16.0 Å². The highest BCUT2D eigenvalue weighted by Gasteiger charge is 2.28. The molecular weight excluding hydrogens is 372 g/mol. The molecule has 8 heteroatoms. The van der Waals surface area contributed by atoms with Crippen molar-refractivity contribution in [3.63, 3.8) is 0 Å². The number of hydrogen-bond donors (Lipinski definition) is 2. The Morgan fingerprint density at radius 1 is 1.25 bits per heavy atom. The summed E-state index contributed by atoms with van der Waals surface area (Å²) in [5.41, 5.74) is 2.72. The fourth-order valence-electron chi connectivity index (χ4n) is 3.83. The van der Waals surface area contributed by atoms with E-state index < -0.39 is 0 Å². The Balaban J connectivity index is 1.19. The number of carbonyl (C=O) groups excluding carboxylic acids is 1. The molecule has 28 heavy (non-hydrogen) atoms. The molecule has 0 radical (unpaired) electrons. The summed E-state index contributed by atoms with van der Waals surface area (Å²) in [4.78, 5) is 16.1. The molecule has 0 atom stereocenters. The van der Waals surface area contributed by atoms with E-state index in [1.165, 1.54) is 18.5 Å². The molecule has 0 unspecified atom stereocenters. The first-order valence-electron chi connectivity index (χ1n) is 9.86. The summed E-state index contributed by atoms with van der Waals surface area (Å²) < 4.78 is 1.67. The number of amides is 1. The van der Waals surface area contributed by atoms with Gasteiger partial charge in [-0.3, -0.25) is 14.6 Å². The molecule has 146 valence electrons. The van der Waals surface area contributed by atoms with Gasteiger partial charge in [0.15, 0.2) is 5.82 Å². The third kappa shape index (κ3) is 3.44. The van der Waals surface area contributed by atoms with E-state index in [-0.39, 0.29) is 11.9 Å². The van der Waals surface area contributed by atoms with Crippen LogP contribution >= 0.6 is 11.3 Å². The molecule has 3 aromatic rings. The minimum Gasteiger partial charge on any atom is -0.355 e. The molecule has 0 aromatic carbocycles. The molecule has 1 aliphatic heterocycles. The molecular formula is C20H24N6OS. The Labute approximate surface area is 167 Å². The number of aryl methyl sites for hydroxylation is 1. The van der Waals surface area contributed by atoms with Crippen LogP contribution in [0.3, 0.4) is 0 Å². The maximum atomic E-state index is 12.8. The number of aromatic nitrogens is 4. The van der Waals surface area contributed by atoms with Gasteiger partial charge in [0.25, 0.3) is 5.91 Å². The van der Waals surface area contributed by atoms with E-state index in [0.717, 1.165) is 42.3 Å². The topological polar surface area (TPSA) is 78.8 Å². The number of rotatable bonds is 5. The van der Waals surface area contributed by atoms with E-state index in [0.29, 0.717) is 11.6 Å². The normalized spacial score (nSPS) is 17.8. The first-order valence-corrected chi connectivity index (χ1v) is 10.7. The number of anilines is 1. The summed E-state index contributed by atoms with van der Waals surface area (Å²) in [6.45, 7) is 1.82. The van der Waals surface area contributed by atoms with Crippen LogP contribution in [0.2, 0.25) is 0 Å². The fourth-order valence-corrected chi connectivity index (χ4v) is 4.51. The van der Waals surface area contributed by atoms with Gasteiger partial charge in [-0.05, 0) is 43.2 Å². The van der Waals surface area contributed by atoms with Crippen molar-refractivity contribution < 1.29 is 4.79 Å². The highest BCUT2D eigenvalue weighted by molar-refractivity contribution is 7.13. The van der Waals surface area contributed by atoms with Gasteiger partial charge in [0, 0.05) is 43.9 Å². The number of nitrogens with zero attached hydrogens (tertiary/aromatic N) is 4. The van der Waals surface area contributed by atoms with Gasteiger partial charge in [-0.25, -0.2) is 0 Å². The van der Waals surface area contributed by atoms with Gasteiger partial charge in [-0.15, -0.1) is 11.3 Å². The van der Waals surface area contributed by atoms with Crippen molar-refractivity contribution in [2.45, 2.75) is 37.6 Å². The summed E-state index contributed by atoms with van der Waals surface area (Å²) in [7, 11) is 1.82. The monoisotopic (exact) mass is 396 g/mol. The average Bonchev–Trinajstić information content (AvgIpc) is 3.12. The van der Waals surface area contributed by atoms with Crippen LogP contribution < -0.4 is 10.2 Å². The Bertz CT molecular complexity index is 963. The lowest BCUT2D eigenvalue weighted by molar-refractivity contribution is 0.0921. The first kappa shape index (κ1) is 17.5. The molecule has 0 bridgehead atoms. The Hall–Kier alpha value is -2.61. The molecule has 2 N–H and O–H groups in total. The Morgan fingerprint density at radius 2 is 2.07 bits per heavy atom. The zero-order chi connectivity index (χ0) is 19.1. The Morgan fingerprint density at radius 3 is 2.79 bits per heavy atom. The first-order chi connectivity index (χ1) is 13.7. The maximum absolute atomic E-state index is 12.8.